The predicted octanol–water partition coefficient (Wildman–Crippen LogP) is 2.15. The number of hydrogen-bond donors (Lipinski definition) is 1. The molecule has 4 nitrogen and oxygen atoms in total. The molecule has 0 amide bonds. The summed E-state index contributed by atoms with van der Waals surface area (Å²) in [5, 5.41) is 3.35. The lowest BCUT2D eigenvalue weighted by atomic mass is 10.2. The van der Waals surface area contributed by atoms with Gasteiger partial charge >= 0.3 is 0 Å². The standard InChI is InChI=1S/C11H17N3O/c1-8-7-10(15-2)14-11(12-8)13-9-5-3-4-6-9/h7,9H,3-6H2,1-2H3,(H,12,13,14). The van der Waals surface area contributed by atoms with Gasteiger partial charge in [-0.15, -0.1) is 0 Å². The van der Waals surface area contributed by atoms with Crippen molar-refractivity contribution in [2.24, 2.45) is 0 Å². The summed E-state index contributed by atoms with van der Waals surface area (Å²) in [4.78, 5) is 8.61. The molecule has 1 aromatic rings. The van der Waals surface area contributed by atoms with E-state index in [1.807, 2.05) is 13.0 Å². The van der Waals surface area contributed by atoms with Crippen molar-refractivity contribution in [1.82, 2.24) is 9.97 Å². The van der Waals surface area contributed by atoms with Crippen LogP contribution in [0.2, 0.25) is 0 Å². The predicted molar refractivity (Wildman–Crippen MR) is 59.2 cm³/mol. The first-order valence-corrected chi connectivity index (χ1v) is 5.44. The van der Waals surface area contributed by atoms with Gasteiger partial charge in [-0.25, -0.2) is 4.98 Å². The van der Waals surface area contributed by atoms with E-state index in [1.54, 1.807) is 7.11 Å². The summed E-state index contributed by atoms with van der Waals surface area (Å²) in [5.74, 6) is 1.32. The van der Waals surface area contributed by atoms with Gasteiger partial charge in [-0.05, 0) is 19.8 Å². The van der Waals surface area contributed by atoms with Crippen LogP contribution in [0.25, 0.3) is 0 Å². The number of nitrogens with one attached hydrogen (secondary N) is 1. The highest BCUT2D eigenvalue weighted by atomic mass is 16.5. The van der Waals surface area contributed by atoms with Gasteiger partial charge in [0.15, 0.2) is 0 Å². The Bertz CT molecular complexity index is 335. The second-order valence-corrected chi connectivity index (χ2v) is 4.00. The van der Waals surface area contributed by atoms with Crippen LogP contribution in [0.1, 0.15) is 31.4 Å². The minimum absolute atomic E-state index is 0.538. The molecule has 15 heavy (non-hydrogen) atoms. The topological polar surface area (TPSA) is 47.0 Å². The highest BCUT2D eigenvalue weighted by Crippen LogP contribution is 2.21. The van der Waals surface area contributed by atoms with E-state index >= 15 is 0 Å². The average Bonchev–Trinajstić information content (AvgIpc) is 2.69. The van der Waals surface area contributed by atoms with Crippen LogP contribution in [0.4, 0.5) is 5.95 Å². The van der Waals surface area contributed by atoms with Crippen molar-refractivity contribution in [3.8, 4) is 5.88 Å². The summed E-state index contributed by atoms with van der Waals surface area (Å²) < 4.78 is 5.11. The van der Waals surface area contributed by atoms with Crippen LogP contribution >= 0.6 is 0 Å². The second-order valence-electron chi connectivity index (χ2n) is 4.00. The van der Waals surface area contributed by atoms with Gasteiger partial charge in [-0.2, -0.15) is 4.98 Å². The smallest absolute Gasteiger partial charge is 0.226 e. The van der Waals surface area contributed by atoms with Crippen molar-refractivity contribution in [3.63, 3.8) is 0 Å². The molecule has 0 atom stereocenters. The SMILES string of the molecule is COc1cc(C)nc(NC2CCCC2)n1. The maximum atomic E-state index is 5.11. The van der Waals surface area contributed by atoms with Crippen LogP contribution in [0.15, 0.2) is 6.07 Å². The number of hydrogen-bond acceptors (Lipinski definition) is 4. The van der Waals surface area contributed by atoms with Gasteiger partial charge in [0.05, 0.1) is 7.11 Å². The summed E-state index contributed by atoms with van der Waals surface area (Å²) in [6, 6.07) is 2.37. The highest BCUT2D eigenvalue weighted by Gasteiger charge is 2.15. The van der Waals surface area contributed by atoms with Gasteiger partial charge in [-0.1, -0.05) is 12.8 Å². The van der Waals surface area contributed by atoms with Crippen molar-refractivity contribution < 1.29 is 4.74 Å². The summed E-state index contributed by atoms with van der Waals surface area (Å²) in [6.07, 6.45) is 5.06. The Balaban J connectivity index is 2.09. The lowest BCUT2D eigenvalue weighted by Crippen LogP contribution is -2.17. The van der Waals surface area contributed by atoms with E-state index in [9.17, 15) is 0 Å². The molecule has 82 valence electrons. The van der Waals surface area contributed by atoms with Crippen molar-refractivity contribution in [2.75, 3.05) is 12.4 Å². The van der Waals surface area contributed by atoms with Crippen LogP contribution in [0.3, 0.4) is 0 Å². The average molecular weight is 207 g/mol. The number of aryl methyl sites for hydroxylation is 1. The molecular formula is C11H17N3O. The van der Waals surface area contributed by atoms with E-state index in [0.29, 0.717) is 17.9 Å². The van der Waals surface area contributed by atoms with Gasteiger partial charge < -0.3 is 10.1 Å². The number of anilines is 1. The largest absolute Gasteiger partial charge is 0.481 e. The molecule has 1 aliphatic rings. The number of rotatable bonds is 3. The Kier molecular flexibility index (Phi) is 3.04. The minimum atomic E-state index is 0.538. The minimum Gasteiger partial charge on any atom is -0.481 e. The number of methoxy groups -OCH3 is 1. The Morgan fingerprint density at radius 1 is 1.33 bits per heavy atom. The zero-order chi connectivity index (χ0) is 10.7. The third-order valence-corrected chi connectivity index (χ3v) is 2.73. The van der Waals surface area contributed by atoms with E-state index in [4.69, 9.17) is 4.74 Å². The number of nitrogens with zero attached hydrogens (tertiary/aromatic N) is 2. The zero-order valence-electron chi connectivity index (χ0n) is 9.29. The third-order valence-electron chi connectivity index (χ3n) is 2.73. The van der Waals surface area contributed by atoms with Crippen molar-refractivity contribution >= 4 is 5.95 Å². The molecule has 4 heteroatoms. The first-order valence-electron chi connectivity index (χ1n) is 5.44. The molecule has 0 unspecified atom stereocenters. The Labute approximate surface area is 90.1 Å². The van der Waals surface area contributed by atoms with Crippen molar-refractivity contribution in [1.29, 1.82) is 0 Å². The summed E-state index contributed by atoms with van der Waals surface area (Å²) in [5.41, 5.74) is 0.933. The molecule has 2 rings (SSSR count). The molecule has 0 aromatic carbocycles. The normalized spacial score (nSPS) is 16.7. The molecule has 1 heterocycles. The van der Waals surface area contributed by atoms with Gasteiger partial charge in [0.25, 0.3) is 0 Å². The lowest BCUT2D eigenvalue weighted by molar-refractivity contribution is 0.397. The first kappa shape index (κ1) is 10.2. The van der Waals surface area contributed by atoms with Crippen molar-refractivity contribution in [3.05, 3.63) is 11.8 Å². The monoisotopic (exact) mass is 207 g/mol. The molecule has 0 bridgehead atoms. The quantitative estimate of drug-likeness (QED) is 0.825. The molecule has 1 N–H and O–H groups in total. The van der Waals surface area contributed by atoms with Crippen molar-refractivity contribution in [2.45, 2.75) is 38.6 Å². The molecule has 1 aromatic heterocycles. The fourth-order valence-corrected chi connectivity index (χ4v) is 1.96. The molecule has 1 aliphatic carbocycles. The van der Waals surface area contributed by atoms with Crippen LogP contribution in [0, 0.1) is 6.92 Å². The fraction of sp³-hybridized carbons (Fsp3) is 0.636. The fourth-order valence-electron chi connectivity index (χ4n) is 1.96. The Hall–Kier alpha value is -1.32. The van der Waals surface area contributed by atoms with Crippen LogP contribution in [-0.4, -0.2) is 23.1 Å². The van der Waals surface area contributed by atoms with E-state index in [0.717, 1.165) is 5.69 Å². The zero-order valence-corrected chi connectivity index (χ0v) is 9.29. The van der Waals surface area contributed by atoms with E-state index in [1.165, 1.54) is 25.7 Å². The van der Waals surface area contributed by atoms with Crippen LogP contribution in [-0.2, 0) is 0 Å². The second kappa shape index (κ2) is 4.47. The molecule has 0 saturated heterocycles. The van der Waals surface area contributed by atoms with Crippen LogP contribution < -0.4 is 10.1 Å². The highest BCUT2D eigenvalue weighted by molar-refractivity contribution is 5.31. The summed E-state index contributed by atoms with van der Waals surface area (Å²) in [7, 11) is 1.63. The van der Waals surface area contributed by atoms with Gasteiger partial charge in [0.2, 0.25) is 11.8 Å². The maximum Gasteiger partial charge on any atom is 0.226 e. The Morgan fingerprint density at radius 3 is 2.73 bits per heavy atom. The molecular weight excluding hydrogens is 190 g/mol. The maximum absolute atomic E-state index is 5.11. The van der Waals surface area contributed by atoms with E-state index in [2.05, 4.69) is 15.3 Å². The summed E-state index contributed by atoms with van der Waals surface area (Å²) >= 11 is 0. The summed E-state index contributed by atoms with van der Waals surface area (Å²) in [6.45, 7) is 1.95. The van der Waals surface area contributed by atoms with Gasteiger partial charge in [0, 0.05) is 17.8 Å². The van der Waals surface area contributed by atoms with E-state index in [-0.39, 0.29) is 0 Å². The van der Waals surface area contributed by atoms with Crippen LogP contribution in [0.5, 0.6) is 5.88 Å². The molecule has 0 spiro atoms. The molecule has 1 fully saturated rings. The molecule has 0 radical (unpaired) electrons. The number of ether oxygens (including phenoxy) is 1. The first-order chi connectivity index (χ1) is 7.28. The molecule has 1 saturated carbocycles. The van der Waals surface area contributed by atoms with Gasteiger partial charge in [-0.3, -0.25) is 0 Å². The van der Waals surface area contributed by atoms with Gasteiger partial charge in [0.1, 0.15) is 0 Å². The third kappa shape index (κ3) is 2.58. The Morgan fingerprint density at radius 2 is 2.07 bits per heavy atom. The lowest BCUT2D eigenvalue weighted by Gasteiger charge is -2.12. The van der Waals surface area contributed by atoms with E-state index < -0.39 is 0 Å². The molecule has 0 aliphatic heterocycles. The number of aromatic nitrogens is 2.